The van der Waals surface area contributed by atoms with E-state index in [0.717, 1.165) is 18.7 Å². The van der Waals surface area contributed by atoms with Crippen LogP contribution >= 0.6 is 0 Å². The number of hydrogen-bond donors (Lipinski definition) is 3. The molecule has 0 heterocycles. The van der Waals surface area contributed by atoms with Gasteiger partial charge in [-0.1, -0.05) is 63.6 Å². The fraction of sp³-hybridized carbons (Fsp3) is 0.529. The van der Waals surface area contributed by atoms with Crippen molar-refractivity contribution in [2.45, 2.75) is 51.9 Å². The van der Waals surface area contributed by atoms with Crippen molar-refractivity contribution in [3.63, 3.8) is 0 Å². The second kappa shape index (κ2) is 10.7. The van der Waals surface area contributed by atoms with Crippen LogP contribution in [-0.4, -0.2) is 18.5 Å². The van der Waals surface area contributed by atoms with Crippen LogP contribution < -0.4 is 16.4 Å². The summed E-state index contributed by atoms with van der Waals surface area (Å²) in [6, 6.07) is 9.81. The maximum atomic E-state index is 8.06. The van der Waals surface area contributed by atoms with Gasteiger partial charge in [0.05, 0.1) is 0 Å². The van der Waals surface area contributed by atoms with Crippen LogP contribution in [0.1, 0.15) is 51.9 Å². The Kier molecular flexibility index (Phi) is 8.72. The summed E-state index contributed by atoms with van der Waals surface area (Å²) < 4.78 is 0. The van der Waals surface area contributed by atoms with Crippen LogP contribution in [-0.2, 0) is 0 Å². The molecule has 5 N–H and O–H groups in total. The topological polar surface area (TPSA) is 91.5 Å². The first kappa shape index (κ1) is 18.0. The summed E-state index contributed by atoms with van der Waals surface area (Å²) in [4.78, 5) is 5.73. The fourth-order valence-corrected chi connectivity index (χ4v) is 2.37. The molecule has 0 aromatic heterocycles. The Bertz CT molecular complexity index is 451. The summed E-state index contributed by atoms with van der Waals surface area (Å²) >= 11 is 0. The number of aliphatic imine (C=N–C) groups is 1. The molecule has 0 amide bonds. The van der Waals surface area contributed by atoms with E-state index >= 15 is 0 Å². The minimum atomic E-state index is -0.0782. The van der Waals surface area contributed by atoms with Crippen LogP contribution in [0.4, 0.5) is 5.69 Å². The molecule has 0 aliphatic rings. The third kappa shape index (κ3) is 7.11. The van der Waals surface area contributed by atoms with E-state index in [1.54, 1.807) is 0 Å². The van der Waals surface area contributed by atoms with Crippen LogP contribution in [0.15, 0.2) is 35.3 Å². The molecule has 1 aromatic carbocycles. The van der Waals surface area contributed by atoms with Crippen LogP contribution in [0.5, 0.6) is 0 Å². The van der Waals surface area contributed by atoms with Crippen molar-refractivity contribution in [3.8, 4) is 0 Å². The highest BCUT2D eigenvalue weighted by molar-refractivity contribution is 6.01. The van der Waals surface area contributed by atoms with Gasteiger partial charge < -0.3 is 16.4 Å². The predicted molar refractivity (Wildman–Crippen MR) is 95.3 cm³/mol. The zero-order valence-corrected chi connectivity index (χ0v) is 13.6. The van der Waals surface area contributed by atoms with Crippen LogP contribution in [0.25, 0.3) is 0 Å². The molecule has 0 saturated carbocycles. The second-order valence-electron chi connectivity index (χ2n) is 5.47. The van der Waals surface area contributed by atoms with E-state index in [9.17, 15) is 0 Å². The van der Waals surface area contributed by atoms with Gasteiger partial charge in [0.2, 0.25) is 5.96 Å². The molecule has 22 heavy (non-hydrogen) atoms. The summed E-state index contributed by atoms with van der Waals surface area (Å²) in [6.45, 7) is 2.99. The molecule has 0 aliphatic heterocycles. The maximum Gasteiger partial charge on any atom is 0.225 e. The molecule has 1 aromatic rings. The lowest BCUT2D eigenvalue weighted by atomic mass is 10.1. The highest BCUT2D eigenvalue weighted by atomic mass is 15.3. The largest absolute Gasteiger partial charge is 0.370 e. The van der Waals surface area contributed by atoms with Crippen molar-refractivity contribution in [1.29, 1.82) is 5.41 Å². The highest BCUT2D eigenvalue weighted by Gasteiger charge is 2.11. The molecular formula is C17H29N5. The molecule has 5 nitrogen and oxygen atoms in total. The zero-order chi connectivity index (χ0) is 16.2. The van der Waals surface area contributed by atoms with Crippen molar-refractivity contribution in [3.05, 3.63) is 30.3 Å². The summed E-state index contributed by atoms with van der Waals surface area (Å²) in [5.74, 6) is 0.0164. The van der Waals surface area contributed by atoms with Crippen molar-refractivity contribution in [2.24, 2.45) is 16.5 Å². The van der Waals surface area contributed by atoms with E-state index in [4.69, 9.17) is 16.9 Å². The lowest BCUT2D eigenvalue weighted by molar-refractivity contribution is 0.592. The zero-order valence-electron chi connectivity index (χ0n) is 13.6. The number of benzene rings is 1. The van der Waals surface area contributed by atoms with Crippen molar-refractivity contribution in [1.82, 2.24) is 0 Å². The molecular weight excluding hydrogens is 274 g/mol. The summed E-state index contributed by atoms with van der Waals surface area (Å²) in [5.41, 5.74) is 11.7. The van der Waals surface area contributed by atoms with Crippen LogP contribution in [0.3, 0.4) is 0 Å². The molecule has 0 fully saturated rings. The van der Waals surface area contributed by atoms with Gasteiger partial charge in [-0.15, -0.1) is 0 Å². The quantitative estimate of drug-likeness (QED) is 0.370. The Labute approximate surface area is 133 Å². The predicted octanol–water partition coefficient (Wildman–Crippen LogP) is 3.45. The number of nitrogens with two attached hydrogens (primary N) is 2. The van der Waals surface area contributed by atoms with Gasteiger partial charge in [-0.2, -0.15) is 4.99 Å². The number of nitrogens with zero attached hydrogens (tertiary/aromatic N) is 2. The van der Waals surface area contributed by atoms with Gasteiger partial charge in [-0.25, -0.2) is 0 Å². The van der Waals surface area contributed by atoms with E-state index in [1.165, 1.54) is 38.5 Å². The summed E-state index contributed by atoms with van der Waals surface area (Å²) in [6.07, 6.45) is 8.67. The SMILES string of the molecule is CCCCCCCCCN(C(=N)N=C(N)N)c1ccccc1. The maximum absolute atomic E-state index is 8.06. The molecule has 0 saturated heterocycles. The number of guanidine groups is 2. The Morgan fingerprint density at radius 3 is 2.18 bits per heavy atom. The molecule has 0 radical (unpaired) electrons. The number of unbranched alkanes of at least 4 members (excludes halogenated alkanes) is 6. The summed E-state index contributed by atoms with van der Waals surface area (Å²) in [5, 5.41) is 8.06. The van der Waals surface area contributed by atoms with Crippen LogP contribution in [0.2, 0.25) is 0 Å². The molecule has 1 rings (SSSR count). The third-order valence-electron chi connectivity index (χ3n) is 3.54. The normalized spacial score (nSPS) is 10.2. The van der Waals surface area contributed by atoms with E-state index in [1.807, 2.05) is 35.2 Å². The molecule has 0 aliphatic carbocycles. The van der Waals surface area contributed by atoms with Crippen LogP contribution in [0, 0.1) is 5.41 Å². The van der Waals surface area contributed by atoms with E-state index in [2.05, 4.69) is 11.9 Å². The number of hydrogen-bond acceptors (Lipinski definition) is 1. The van der Waals surface area contributed by atoms with Gasteiger partial charge in [-0.05, 0) is 18.6 Å². The minimum absolute atomic E-state index is 0.0782. The van der Waals surface area contributed by atoms with E-state index < -0.39 is 0 Å². The number of para-hydroxylation sites is 1. The van der Waals surface area contributed by atoms with Crippen molar-refractivity contribution >= 4 is 17.6 Å². The first-order chi connectivity index (χ1) is 10.6. The lowest BCUT2D eigenvalue weighted by Gasteiger charge is -2.22. The highest BCUT2D eigenvalue weighted by Crippen LogP contribution is 2.16. The first-order valence-corrected chi connectivity index (χ1v) is 8.16. The molecule has 122 valence electrons. The lowest BCUT2D eigenvalue weighted by Crippen LogP contribution is -2.34. The van der Waals surface area contributed by atoms with Crippen molar-refractivity contribution < 1.29 is 0 Å². The first-order valence-electron chi connectivity index (χ1n) is 8.16. The van der Waals surface area contributed by atoms with E-state index in [0.29, 0.717) is 0 Å². The Hall–Kier alpha value is -2.04. The average molecular weight is 303 g/mol. The Morgan fingerprint density at radius 1 is 1.00 bits per heavy atom. The smallest absolute Gasteiger partial charge is 0.225 e. The van der Waals surface area contributed by atoms with Gasteiger partial charge in [0, 0.05) is 12.2 Å². The standard InChI is InChI=1S/C17H29N5/c1-2-3-4-5-6-7-11-14-22(17(20)21-16(18)19)15-12-9-8-10-13-15/h8-10,12-13H,2-7,11,14H2,1H3,(H5,18,19,20,21). The fourth-order valence-electron chi connectivity index (χ4n) is 2.37. The number of rotatable bonds is 9. The third-order valence-corrected chi connectivity index (χ3v) is 3.54. The number of anilines is 1. The van der Waals surface area contributed by atoms with Gasteiger partial charge >= 0.3 is 0 Å². The van der Waals surface area contributed by atoms with Crippen molar-refractivity contribution in [2.75, 3.05) is 11.4 Å². The minimum Gasteiger partial charge on any atom is -0.370 e. The number of nitrogens with one attached hydrogen (secondary N) is 1. The molecule has 0 unspecified atom stereocenters. The average Bonchev–Trinajstić information content (AvgIpc) is 2.50. The van der Waals surface area contributed by atoms with Gasteiger partial charge in [-0.3, -0.25) is 5.41 Å². The van der Waals surface area contributed by atoms with Gasteiger partial charge in [0.25, 0.3) is 0 Å². The van der Waals surface area contributed by atoms with Gasteiger partial charge in [0.15, 0.2) is 5.96 Å². The monoisotopic (exact) mass is 303 g/mol. The molecule has 0 spiro atoms. The van der Waals surface area contributed by atoms with Gasteiger partial charge in [0.1, 0.15) is 0 Å². The Balaban J connectivity index is 2.50. The van der Waals surface area contributed by atoms with E-state index in [-0.39, 0.29) is 11.9 Å². The second-order valence-corrected chi connectivity index (χ2v) is 5.47. The molecule has 5 heteroatoms. The molecule has 0 atom stereocenters. The molecule has 0 bridgehead atoms. The summed E-state index contributed by atoms with van der Waals surface area (Å²) in [7, 11) is 0. The Morgan fingerprint density at radius 2 is 1.59 bits per heavy atom.